The van der Waals surface area contributed by atoms with E-state index in [1.807, 2.05) is 30.3 Å². The Labute approximate surface area is 158 Å². The van der Waals surface area contributed by atoms with Crippen LogP contribution in [0.25, 0.3) is 22.2 Å². The fourth-order valence-corrected chi connectivity index (χ4v) is 3.82. The number of aliphatic hydroxyl groups excluding tert-OH is 1. The van der Waals surface area contributed by atoms with E-state index in [0.29, 0.717) is 0 Å². The van der Waals surface area contributed by atoms with Crippen LogP contribution in [0.1, 0.15) is 18.1 Å². The SMILES string of the molecule is CSc1ccc(-c2cc([C@@H](O)[C@H]3C=CCCN3)c3ccccc3n2)cc1. The number of thioether (sulfide) groups is 1. The molecule has 1 aliphatic rings. The number of hydrogen-bond donors (Lipinski definition) is 2. The molecule has 0 radical (unpaired) electrons. The van der Waals surface area contributed by atoms with Crippen molar-refractivity contribution in [3.05, 3.63) is 72.3 Å². The van der Waals surface area contributed by atoms with Crippen LogP contribution in [0.5, 0.6) is 0 Å². The fraction of sp³-hybridized carbons (Fsp3) is 0.227. The van der Waals surface area contributed by atoms with Crippen LogP contribution < -0.4 is 5.32 Å². The van der Waals surface area contributed by atoms with Gasteiger partial charge in [-0.3, -0.25) is 0 Å². The number of fused-ring (bicyclic) bond motifs is 1. The Hall–Kier alpha value is -2.14. The van der Waals surface area contributed by atoms with Gasteiger partial charge in [0.05, 0.1) is 23.4 Å². The first kappa shape index (κ1) is 17.3. The second-order valence-electron chi connectivity index (χ2n) is 6.48. The molecule has 0 saturated heterocycles. The molecule has 0 unspecified atom stereocenters. The average Bonchev–Trinajstić information content (AvgIpc) is 2.73. The normalized spacial score (nSPS) is 18.2. The van der Waals surface area contributed by atoms with E-state index in [-0.39, 0.29) is 6.04 Å². The molecule has 2 aromatic carbocycles. The first-order valence-corrected chi connectivity index (χ1v) is 10.1. The number of rotatable bonds is 4. The van der Waals surface area contributed by atoms with Crippen LogP contribution in [0.15, 0.2) is 71.6 Å². The number of hydrogen-bond acceptors (Lipinski definition) is 4. The lowest BCUT2D eigenvalue weighted by atomic mass is 9.95. The third-order valence-electron chi connectivity index (χ3n) is 4.83. The van der Waals surface area contributed by atoms with Crippen LogP contribution in [-0.2, 0) is 0 Å². The van der Waals surface area contributed by atoms with Gasteiger partial charge >= 0.3 is 0 Å². The third kappa shape index (κ3) is 3.40. The smallest absolute Gasteiger partial charge is 0.0986 e. The van der Waals surface area contributed by atoms with E-state index in [2.05, 4.69) is 48.0 Å². The summed E-state index contributed by atoms with van der Waals surface area (Å²) in [6.45, 7) is 0.893. The minimum absolute atomic E-state index is 0.0683. The van der Waals surface area contributed by atoms with Gasteiger partial charge in [-0.15, -0.1) is 11.8 Å². The summed E-state index contributed by atoms with van der Waals surface area (Å²) in [5.41, 5.74) is 3.79. The van der Waals surface area contributed by atoms with Gasteiger partial charge in [0.1, 0.15) is 0 Å². The Balaban J connectivity index is 1.82. The molecule has 0 fully saturated rings. The summed E-state index contributed by atoms with van der Waals surface area (Å²) in [6, 6.07) is 18.4. The quantitative estimate of drug-likeness (QED) is 0.527. The maximum Gasteiger partial charge on any atom is 0.0986 e. The summed E-state index contributed by atoms with van der Waals surface area (Å²) >= 11 is 1.73. The van der Waals surface area contributed by atoms with Crippen molar-refractivity contribution in [2.45, 2.75) is 23.5 Å². The van der Waals surface area contributed by atoms with E-state index in [4.69, 9.17) is 4.98 Å². The maximum absolute atomic E-state index is 11.1. The number of aliphatic hydroxyl groups is 1. The van der Waals surface area contributed by atoms with Gasteiger partial charge in [0.2, 0.25) is 0 Å². The molecule has 2 N–H and O–H groups in total. The number of para-hydroxylation sites is 1. The van der Waals surface area contributed by atoms with E-state index in [0.717, 1.165) is 40.7 Å². The highest BCUT2D eigenvalue weighted by molar-refractivity contribution is 7.98. The largest absolute Gasteiger partial charge is 0.386 e. The molecule has 1 aromatic heterocycles. The molecule has 0 bridgehead atoms. The van der Waals surface area contributed by atoms with E-state index < -0.39 is 6.10 Å². The predicted octanol–water partition coefficient (Wildman–Crippen LogP) is 4.58. The van der Waals surface area contributed by atoms with Crippen LogP contribution >= 0.6 is 11.8 Å². The standard InChI is InChI=1S/C22H22N2OS/c1-26-16-11-9-15(10-12-16)21-14-18(17-6-2-3-7-19(17)24-21)22(25)20-8-4-5-13-23-20/h2-4,6-12,14,20,22-23,25H,5,13H2,1H3/t20-,22-/m1/s1. The molecule has 4 rings (SSSR count). The van der Waals surface area contributed by atoms with Gasteiger partial charge in [0.15, 0.2) is 0 Å². The van der Waals surface area contributed by atoms with Crippen molar-refractivity contribution in [1.82, 2.24) is 10.3 Å². The summed E-state index contributed by atoms with van der Waals surface area (Å²) < 4.78 is 0. The van der Waals surface area contributed by atoms with E-state index >= 15 is 0 Å². The zero-order valence-corrected chi connectivity index (χ0v) is 15.5. The van der Waals surface area contributed by atoms with Crippen LogP contribution in [0, 0.1) is 0 Å². The zero-order chi connectivity index (χ0) is 17.9. The molecule has 3 nitrogen and oxygen atoms in total. The van der Waals surface area contributed by atoms with Crippen LogP contribution in [0.2, 0.25) is 0 Å². The number of benzene rings is 2. The summed E-state index contributed by atoms with van der Waals surface area (Å²) in [7, 11) is 0. The summed E-state index contributed by atoms with van der Waals surface area (Å²) in [6.07, 6.45) is 6.67. The number of nitrogens with zero attached hydrogens (tertiary/aromatic N) is 1. The predicted molar refractivity (Wildman–Crippen MR) is 109 cm³/mol. The second kappa shape index (κ2) is 7.62. The molecule has 3 aromatic rings. The first-order valence-electron chi connectivity index (χ1n) is 8.88. The molecular formula is C22H22N2OS. The highest BCUT2D eigenvalue weighted by atomic mass is 32.2. The first-order chi connectivity index (χ1) is 12.8. The molecule has 0 saturated carbocycles. The van der Waals surface area contributed by atoms with Gasteiger partial charge in [-0.2, -0.15) is 0 Å². The van der Waals surface area contributed by atoms with Crippen molar-refractivity contribution in [2.24, 2.45) is 0 Å². The monoisotopic (exact) mass is 362 g/mol. The van der Waals surface area contributed by atoms with Crippen LogP contribution in [0.4, 0.5) is 0 Å². The van der Waals surface area contributed by atoms with Gasteiger partial charge in [-0.05, 0) is 49.1 Å². The lowest BCUT2D eigenvalue weighted by Crippen LogP contribution is -2.36. The maximum atomic E-state index is 11.1. The van der Waals surface area contributed by atoms with E-state index in [1.54, 1.807) is 11.8 Å². The highest BCUT2D eigenvalue weighted by Gasteiger charge is 2.22. The van der Waals surface area contributed by atoms with Crippen molar-refractivity contribution < 1.29 is 5.11 Å². The molecule has 4 heteroatoms. The second-order valence-corrected chi connectivity index (χ2v) is 7.36. The lowest BCUT2D eigenvalue weighted by molar-refractivity contribution is 0.147. The number of pyridine rings is 1. The molecule has 1 aliphatic heterocycles. The summed E-state index contributed by atoms with van der Waals surface area (Å²) in [5, 5.41) is 15.5. The molecule has 0 aliphatic carbocycles. The number of aromatic nitrogens is 1. The molecule has 0 spiro atoms. The van der Waals surface area contributed by atoms with Crippen molar-refractivity contribution >= 4 is 22.7 Å². The Morgan fingerprint density at radius 1 is 1.15 bits per heavy atom. The fourth-order valence-electron chi connectivity index (χ4n) is 3.41. The van der Waals surface area contributed by atoms with Gasteiger partial charge in [-0.1, -0.05) is 42.5 Å². The summed E-state index contributed by atoms with van der Waals surface area (Å²) in [4.78, 5) is 6.06. The van der Waals surface area contributed by atoms with Gasteiger partial charge < -0.3 is 10.4 Å². The van der Waals surface area contributed by atoms with E-state index in [1.165, 1.54) is 4.90 Å². The third-order valence-corrected chi connectivity index (χ3v) is 5.57. The molecular weight excluding hydrogens is 340 g/mol. The van der Waals surface area contributed by atoms with E-state index in [9.17, 15) is 5.11 Å². The van der Waals surface area contributed by atoms with Crippen molar-refractivity contribution in [1.29, 1.82) is 0 Å². The lowest BCUT2D eigenvalue weighted by Gasteiger charge is -2.25. The van der Waals surface area contributed by atoms with Crippen molar-refractivity contribution in [3.63, 3.8) is 0 Å². The van der Waals surface area contributed by atoms with Gasteiger partial charge in [-0.25, -0.2) is 4.98 Å². The molecule has 26 heavy (non-hydrogen) atoms. The molecule has 0 amide bonds. The summed E-state index contributed by atoms with van der Waals surface area (Å²) in [5.74, 6) is 0. The van der Waals surface area contributed by atoms with Crippen molar-refractivity contribution in [2.75, 3.05) is 12.8 Å². The Morgan fingerprint density at radius 3 is 2.69 bits per heavy atom. The Bertz CT molecular complexity index is 937. The van der Waals surface area contributed by atoms with Gasteiger partial charge in [0, 0.05) is 15.8 Å². The Morgan fingerprint density at radius 2 is 1.96 bits per heavy atom. The minimum Gasteiger partial charge on any atom is -0.386 e. The van der Waals surface area contributed by atoms with Crippen LogP contribution in [0.3, 0.4) is 0 Å². The topological polar surface area (TPSA) is 45.1 Å². The number of nitrogens with one attached hydrogen (secondary N) is 1. The Kier molecular flexibility index (Phi) is 5.07. The molecule has 2 heterocycles. The van der Waals surface area contributed by atoms with Gasteiger partial charge in [0.25, 0.3) is 0 Å². The molecule has 2 atom stereocenters. The average molecular weight is 362 g/mol. The minimum atomic E-state index is -0.608. The van der Waals surface area contributed by atoms with Crippen LogP contribution in [-0.4, -0.2) is 28.9 Å². The van der Waals surface area contributed by atoms with Crippen molar-refractivity contribution in [3.8, 4) is 11.3 Å². The highest BCUT2D eigenvalue weighted by Crippen LogP contribution is 2.31. The molecule has 132 valence electrons. The zero-order valence-electron chi connectivity index (χ0n) is 14.7.